The number of rotatable bonds is 7. The first kappa shape index (κ1) is 20.7. The van der Waals surface area contributed by atoms with E-state index in [2.05, 4.69) is 9.97 Å². The van der Waals surface area contributed by atoms with Crippen molar-refractivity contribution in [3.05, 3.63) is 70.3 Å². The second-order valence-corrected chi connectivity index (χ2v) is 9.40. The summed E-state index contributed by atoms with van der Waals surface area (Å²) in [7, 11) is -3.79. The quantitative estimate of drug-likeness (QED) is 0.626. The molecule has 0 bridgehead atoms. The molecule has 0 radical (unpaired) electrons. The zero-order valence-corrected chi connectivity index (χ0v) is 17.7. The number of ether oxygens (including phenoxy) is 1. The normalized spacial score (nSPS) is 17.1. The zero-order valence-electron chi connectivity index (χ0n) is 16.9. The summed E-state index contributed by atoms with van der Waals surface area (Å²) in [4.78, 5) is 19.9. The molecule has 1 unspecified atom stereocenters. The molecule has 1 N–H and O–H groups in total. The van der Waals surface area contributed by atoms with Crippen LogP contribution in [0.25, 0.3) is 10.9 Å². The van der Waals surface area contributed by atoms with Gasteiger partial charge in [-0.15, -0.1) is 0 Å². The standard InChI is InChI=1S/C22H25N3O4S/c1-2-16-9-11-18(12-10-16)30(27,28)25(14-17-6-5-13-29-17)15-21-23-20-8-4-3-7-19(20)22(26)24-21/h3-4,7-12,17H,2,5-6,13-15H2,1H3,(H,23,24,26). The molecular weight excluding hydrogens is 402 g/mol. The first-order valence-corrected chi connectivity index (χ1v) is 11.6. The molecule has 1 fully saturated rings. The molecule has 2 aromatic carbocycles. The third kappa shape index (κ3) is 4.30. The maximum absolute atomic E-state index is 13.4. The fourth-order valence-corrected chi connectivity index (χ4v) is 5.12. The van der Waals surface area contributed by atoms with Gasteiger partial charge in [0, 0.05) is 13.2 Å². The van der Waals surface area contributed by atoms with Gasteiger partial charge >= 0.3 is 0 Å². The largest absolute Gasteiger partial charge is 0.377 e. The maximum atomic E-state index is 13.4. The van der Waals surface area contributed by atoms with E-state index in [9.17, 15) is 13.2 Å². The third-order valence-electron chi connectivity index (χ3n) is 5.39. The molecule has 1 saturated heterocycles. The number of nitrogens with one attached hydrogen (secondary N) is 1. The van der Waals surface area contributed by atoms with Crippen molar-refractivity contribution < 1.29 is 13.2 Å². The first-order valence-electron chi connectivity index (χ1n) is 10.2. The lowest BCUT2D eigenvalue weighted by atomic mass is 10.2. The Morgan fingerprint density at radius 1 is 1.17 bits per heavy atom. The van der Waals surface area contributed by atoms with Crippen LogP contribution in [0, 0.1) is 0 Å². The van der Waals surface area contributed by atoms with Crippen LogP contribution in [0.2, 0.25) is 0 Å². The van der Waals surface area contributed by atoms with Gasteiger partial charge in [-0.2, -0.15) is 4.31 Å². The number of aromatic amines is 1. The number of para-hydroxylation sites is 1. The molecule has 7 nitrogen and oxygen atoms in total. The van der Waals surface area contributed by atoms with Gasteiger partial charge in [0.2, 0.25) is 10.0 Å². The van der Waals surface area contributed by atoms with E-state index in [4.69, 9.17) is 4.74 Å². The summed E-state index contributed by atoms with van der Waals surface area (Å²) in [5.41, 5.74) is 1.33. The average molecular weight is 428 g/mol. The molecule has 0 spiro atoms. The minimum absolute atomic E-state index is 0.0300. The summed E-state index contributed by atoms with van der Waals surface area (Å²) in [6.07, 6.45) is 2.39. The van der Waals surface area contributed by atoms with Crippen molar-refractivity contribution in [3.63, 3.8) is 0 Å². The van der Waals surface area contributed by atoms with Gasteiger partial charge in [0.25, 0.3) is 5.56 Å². The lowest BCUT2D eigenvalue weighted by Crippen LogP contribution is -2.37. The zero-order chi connectivity index (χ0) is 21.1. The van der Waals surface area contributed by atoms with Crippen LogP contribution in [-0.4, -0.2) is 41.9 Å². The highest BCUT2D eigenvalue weighted by atomic mass is 32.2. The second kappa shape index (κ2) is 8.67. The predicted octanol–water partition coefficient (Wildman–Crippen LogP) is 2.86. The van der Waals surface area contributed by atoms with Crippen molar-refractivity contribution >= 4 is 20.9 Å². The molecule has 30 heavy (non-hydrogen) atoms. The van der Waals surface area contributed by atoms with Crippen molar-refractivity contribution in [2.24, 2.45) is 0 Å². The molecule has 0 amide bonds. The number of aromatic nitrogens is 2. The van der Waals surface area contributed by atoms with Gasteiger partial charge in [-0.05, 0) is 49.1 Å². The summed E-state index contributed by atoms with van der Waals surface area (Å²) >= 11 is 0. The molecule has 1 aliphatic rings. The SMILES string of the molecule is CCc1ccc(S(=O)(=O)N(Cc2nc3ccccc3c(=O)[nH]2)CC2CCCO2)cc1. The minimum atomic E-state index is -3.79. The molecule has 1 aromatic heterocycles. The number of aryl methyl sites for hydroxylation is 1. The Bertz CT molecular complexity index is 1180. The summed E-state index contributed by atoms with van der Waals surface area (Å²) in [5.74, 6) is 0.311. The second-order valence-electron chi connectivity index (χ2n) is 7.46. The fraction of sp³-hybridized carbons (Fsp3) is 0.364. The number of H-pyrrole nitrogens is 1. The van der Waals surface area contributed by atoms with Crippen molar-refractivity contribution in [1.82, 2.24) is 14.3 Å². The Morgan fingerprint density at radius 2 is 1.93 bits per heavy atom. The summed E-state index contributed by atoms with van der Waals surface area (Å²) < 4.78 is 33.9. The number of nitrogens with zero attached hydrogens (tertiary/aromatic N) is 2. The van der Waals surface area contributed by atoms with Crippen LogP contribution in [0.4, 0.5) is 0 Å². The highest BCUT2D eigenvalue weighted by molar-refractivity contribution is 7.89. The van der Waals surface area contributed by atoms with Crippen molar-refractivity contribution in [1.29, 1.82) is 0 Å². The van der Waals surface area contributed by atoms with E-state index in [1.54, 1.807) is 36.4 Å². The van der Waals surface area contributed by atoms with Crippen molar-refractivity contribution in [2.45, 2.75) is 43.7 Å². The van der Waals surface area contributed by atoms with Gasteiger partial charge in [-0.3, -0.25) is 4.79 Å². The predicted molar refractivity (Wildman–Crippen MR) is 115 cm³/mol. The Morgan fingerprint density at radius 3 is 2.63 bits per heavy atom. The van der Waals surface area contributed by atoms with Gasteiger partial charge in [-0.1, -0.05) is 31.2 Å². The number of sulfonamides is 1. The van der Waals surface area contributed by atoms with E-state index in [-0.39, 0.29) is 29.6 Å². The van der Waals surface area contributed by atoms with E-state index < -0.39 is 10.0 Å². The van der Waals surface area contributed by atoms with Crippen molar-refractivity contribution in [3.8, 4) is 0 Å². The van der Waals surface area contributed by atoms with Crippen LogP contribution in [0.15, 0.2) is 58.2 Å². The molecule has 0 aliphatic carbocycles. The molecule has 0 saturated carbocycles. The summed E-state index contributed by atoms with van der Waals surface area (Å²) in [6.45, 7) is 2.84. The topological polar surface area (TPSA) is 92.4 Å². The number of fused-ring (bicyclic) bond motifs is 1. The van der Waals surface area contributed by atoms with Gasteiger partial charge in [0.1, 0.15) is 5.82 Å². The maximum Gasteiger partial charge on any atom is 0.258 e. The van der Waals surface area contributed by atoms with Crippen LogP contribution in [0.5, 0.6) is 0 Å². The van der Waals surface area contributed by atoms with Crippen molar-refractivity contribution in [2.75, 3.05) is 13.2 Å². The number of hydrogen-bond acceptors (Lipinski definition) is 5. The minimum Gasteiger partial charge on any atom is -0.377 e. The molecule has 158 valence electrons. The summed E-state index contributed by atoms with van der Waals surface area (Å²) in [5, 5.41) is 0.477. The van der Waals surface area contributed by atoms with Crippen LogP contribution in [0.3, 0.4) is 0 Å². The number of hydrogen-bond donors (Lipinski definition) is 1. The Kier molecular flexibility index (Phi) is 5.99. The third-order valence-corrected chi connectivity index (χ3v) is 7.21. The summed E-state index contributed by atoms with van der Waals surface area (Å²) in [6, 6.07) is 13.9. The number of benzene rings is 2. The molecule has 1 atom stereocenters. The molecular formula is C22H25N3O4S. The fourth-order valence-electron chi connectivity index (χ4n) is 3.69. The van der Waals surface area contributed by atoms with Crippen LogP contribution >= 0.6 is 0 Å². The van der Waals surface area contributed by atoms with Gasteiger partial charge in [-0.25, -0.2) is 13.4 Å². The van der Waals surface area contributed by atoms with E-state index >= 15 is 0 Å². The molecule has 1 aliphatic heterocycles. The van der Waals surface area contributed by atoms with Crippen LogP contribution in [0.1, 0.15) is 31.2 Å². The smallest absolute Gasteiger partial charge is 0.258 e. The Hall–Kier alpha value is -2.55. The lowest BCUT2D eigenvalue weighted by molar-refractivity contribution is 0.0921. The molecule has 8 heteroatoms. The highest BCUT2D eigenvalue weighted by Crippen LogP contribution is 2.22. The van der Waals surface area contributed by atoms with Crippen LogP contribution in [-0.2, 0) is 27.7 Å². The van der Waals surface area contributed by atoms with E-state index in [0.29, 0.717) is 23.3 Å². The Balaban J connectivity index is 1.69. The van der Waals surface area contributed by atoms with Gasteiger partial charge < -0.3 is 9.72 Å². The van der Waals surface area contributed by atoms with E-state index in [0.717, 1.165) is 24.8 Å². The average Bonchev–Trinajstić information content (AvgIpc) is 3.26. The molecule has 2 heterocycles. The molecule has 3 aromatic rings. The van der Waals surface area contributed by atoms with Gasteiger partial charge in [0.15, 0.2) is 0 Å². The lowest BCUT2D eigenvalue weighted by Gasteiger charge is -2.24. The van der Waals surface area contributed by atoms with Gasteiger partial charge in [0.05, 0.1) is 28.4 Å². The highest BCUT2D eigenvalue weighted by Gasteiger charge is 2.30. The van der Waals surface area contributed by atoms with E-state index in [1.165, 1.54) is 4.31 Å². The van der Waals surface area contributed by atoms with E-state index in [1.807, 2.05) is 19.1 Å². The Labute approximate surface area is 175 Å². The van der Waals surface area contributed by atoms with Crippen LogP contribution < -0.4 is 5.56 Å². The molecule has 4 rings (SSSR count). The monoisotopic (exact) mass is 427 g/mol. The first-order chi connectivity index (χ1) is 14.5.